The van der Waals surface area contributed by atoms with E-state index in [4.69, 9.17) is 31.4 Å². The molecule has 8 rings (SSSR count). The van der Waals surface area contributed by atoms with Gasteiger partial charge in [0.15, 0.2) is 5.82 Å². The highest BCUT2D eigenvalue weighted by Gasteiger charge is 2.45. The second-order valence-corrected chi connectivity index (χ2v) is 12.3. The normalized spacial score (nSPS) is 21.9. The van der Waals surface area contributed by atoms with Crippen LogP contribution in [0.5, 0.6) is 6.01 Å². The van der Waals surface area contributed by atoms with E-state index >= 15 is 4.39 Å². The maximum atomic E-state index is 16.6. The van der Waals surface area contributed by atoms with Crippen LogP contribution in [-0.2, 0) is 0 Å². The Morgan fingerprint density at radius 3 is 2.41 bits per heavy atom. The third-order valence-electron chi connectivity index (χ3n) is 9.55. The highest BCUT2D eigenvalue weighted by atomic mass is 35.5. The lowest BCUT2D eigenvalue weighted by Gasteiger charge is -2.34. The van der Waals surface area contributed by atoms with Crippen LogP contribution in [0.25, 0.3) is 32.9 Å². The molecule has 4 aliphatic heterocycles. The highest BCUT2D eigenvalue weighted by molar-refractivity contribution is 6.36. The van der Waals surface area contributed by atoms with E-state index in [0.717, 1.165) is 69.7 Å². The largest absolute Gasteiger partial charge is 0.461 e. The van der Waals surface area contributed by atoms with Gasteiger partial charge in [-0.1, -0.05) is 55.8 Å². The Balaban J connectivity index is 0.000000826. The van der Waals surface area contributed by atoms with Gasteiger partial charge in [-0.2, -0.15) is 9.97 Å². The Labute approximate surface area is 263 Å². The number of hydrogen-bond acceptors (Lipinski definition) is 8. The van der Waals surface area contributed by atoms with Crippen LogP contribution in [0.15, 0.2) is 42.6 Å². The van der Waals surface area contributed by atoms with Crippen molar-refractivity contribution in [1.82, 2.24) is 25.2 Å². The molecule has 0 spiro atoms. The summed E-state index contributed by atoms with van der Waals surface area (Å²) in [6.07, 6.45) is 8.63. The summed E-state index contributed by atoms with van der Waals surface area (Å²) in [5.41, 5.74) is 1.18. The lowest BCUT2D eigenvalue weighted by Crippen LogP contribution is -2.51. The summed E-state index contributed by atoms with van der Waals surface area (Å²) in [7, 11) is 1.00. The lowest BCUT2D eigenvalue weighted by molar-refractivity contribution is 0.108. The summed E-state index contributed by atoms with van der Waals surface area (Å²) in [6, 6.07) is 12.5. The molecule has 4 aromatic rings. The molecule has 2 N–H and O–H groups in total. The number of nitrogens with zero attached hydrogens (tertiary/aromatic N) is 5. The quantitative estimate of drug-likeness (QED) is 0.272. The first-order valence-corrected chi connectivity index (χ1v) is 16.3. The molecule has 8 nitrogen and oxygen atoms in total. The second-order valence-electron chi connectivity index (χ2n) is 11.9. The highest BCUT2D eigenvalue weighted by Crippen LogP contribution is 2.40. The van der Waals surface area contributed by atoms with Crippen LogP contribution >= 0.6 is 11.6 Å². The smallest absolute Gasteiger partial charge is 0.319 e. The number of aliphatic hydroxyl groups is 1. The first-order valence-electron chi connectivity index (χ1n) is 16.0. The van der Waals surface area contributed by atoms with E-state index in [9.17, 15) is 0 Å². The molecule has 10 heteroatoms. The number of hydrogen-bond donors (Lipinski definition) is 2. The predicted molar refractivity (Wildman–Crippen MR) is 175 cm³/mol. The number of piperazine rings is 1. The van der Waals surface area contributed by atoms with Crippen molar-refractivity contribution in [2.75, 3.05) is 44.8 Å². The van der Waals surface area contributed by atoms with Crippen molar-refractivity contribution >= 4 is 39.1 Å². The van der Waals surface area contributed by atoms with Crippen molar-refractivity contribution in [2.24, 2.45) is 0 Å². The van der Waals surface area contributed by atoms with Crippen molar-refractivity contribution in [2.45, 2.75) is 70.0 Å². The summed E-state index contributed by atoms with van der Waals surface area (Å²) in [5, 5.41) is 13.6. The Morgan fingerprint density at radius 1 is 1.02 bits per heavy atom. The molecule has 6 heterocycles. The summed E-state index contributed by atoms with van der Waals surface area (Å²) in [4.78, 5) is 19.1. The molecule has 4 aliphatic rings. The molecule has 0 saturated carbocycles. The third kappa shape index (κ3) is 5.49. The van der Waals surface area contributed by atoms with Crippen LogP contribution in [0.4, 0.5) is 10.2 Å². The van der Waals surface area contributed by atoms with Gasteiger partial charge in [-0.15, -0.1) is 0 Å². The average Bonchev–Trinajstić information content (AvgIpc) is 3.75. The van der Waals surface area contributed by atoms with Crippen molar-refractivity contribution < 1.29 is 14.2 Å². The minimum atomic E-state index is -0.474. The zero-order valence-electron chi connectivity index (χ0n) is 25.8. The average molecular weight is 621 g/mol. The van der Waals surface area contributed by atoms with Crippen molar-refractivity contribution in [3.8, 4) is 17.3 Å². The predicted octanol–water partition coefficient (Wildman–Crippen LogP) is 6.22. The summed E-state index contributed by atoms with van der Waals surface area (Å²) in [6.45, 7) is 8.41. The minimum Gasteiger partial charge on any atom is -0.461 e. The van der Waals surface area contributed by atoms with Gasteiger partial charge >= 0.3 is 6.01 Å². The summed E-state index contributed by atoms with van der Waals surface area (Å²) < 4.78 is 23.0. The van der Waals surface area contributed by atoms with Gasteiger partial charge in [-0.3, -0.25) is 9.88 Å². The molecule has 2 bridgehead atoms. The van der Waals surface area contributed by atoms with Gasteiger partial charge in [0.05, 0.1) is 10.9 Å². The molecule has 234 valence electrons. The van der Waals surface area contributed by atoms with Crippen molar-refractivity contribution in [3.05, 3.63) is 53.4 Å². The fraction of sp³-hybridized carbons (Fsp3) is 0.500. The van der Waals surface area contributed by atoms with Crippen LogP contribution < -0.4 is 15.0 Å². The number of nitrogens with one attached hydrogen (secondary N) is 1. The molecule has 2 aromatic carbocycles. The second kappa shape index (κ2) is 13.1. The Hall–Kier alpha value is -3.11. The van der Waals surface area contributed by atoms with Crippen molar-refractivity contribution in [1.29, 1.82) is 0 Å². The van der Waals surface area contributed by atoms with Crippen LogP contribution in [0.1, 0.15) is 52.4 Å². The number of pyridine rings is 1. The van der Waals surface area contributed by atoms with Crippen molar-refractivity contribution in [3.63, 3.8) is 0 Å². The molecule has 44 heavy (non-hydrogen) atoms. The fourth-order valence-corrected chi connectivity index (χ4v) is 7.92. The van der Waals surface area contributed by atoms with Gasteiger partial charge in [-0.25, -0.2) is 4.39 Å². The standard InChI is InChI=1S/C31H32ClFN6O.C2H6.CH4O/c32-24-8-2-6-19-5-1-7-22(25(19)24)27-26(33)28-23(15-34-27)29(38-16-20-9-10-21(17-38)35-20)37-30(36-28)40-18-31-11-3-13-39(31)14-4-12-31;2*1-2/h1-2,5-8,15,20-21,35H,3-4,9-14,16-18H2;1-2H3;2H,1H3. The molecule has 0 aliphatic carbocycles. The SMILES string of the molecule is CC.CO.Fc1c(-c2cccc3cccc(Cl)c23)ncc2c(N3CC4CCC(C3)N4)nc(OCC34CCCN3CCC4)nc12. The van der Waals surface area contributed by atoms with E-state index in [1.54, 1.807) is 6.20 Å². The summed E-state index contributed by atoms with van der Waals surface area (Å²) in [5.74, 6) is 0.234. The van der Waals surface area contributed by atoms with Gasteiger partial charge in [-0.05, 0) is 63.1 Å². The van der Waals surface area contributed by atoms with E-state index in [-0.39, 0.29) is 22.8 Å². The van der Waals surface area contributed by atoms with E-state index in [2.05, 4.69) is 20.1 Å². The Bertz CT molecular complexity index is 1610. The molecule has 2 aromatic heterocycles. The van der Waals surface area contributed by atoms with Gasteiger partial charge < -0.3 is 20.1 Å². The monoisotopic (exact) mass is 620 g/mol. The molecule has 2 atom stereocenters. The van der Waals surface area contributed by atoms with Gasteiger partial charge in [0.2, 0.25) is 0 Å². The van der Waals surface area contributed by atoms with Gasteiger partial charge in [0.25, 0.3) is 0 Å². The zero-order chi connectivity index (χ0) is 30.8. The van der Waals surface area contributed by atoms with Crippen LogP contribution in [0.3, 0.4) is 0 Å². The number of aliphatic hydroxyl groups excluding tert-OH is 1. The van der Waals surface area contributed by atoms with E-state index in [1.165, 1.54) is 12.8 Å². The molecule has 4 saturated heterocycles. The molecule has 2 unspecified atom stereocenters. The number of fused-ring (bicyclic) bond motifs is 5. The van der Waals surface area contributed by atoms with Crippen LogP contribution in [0, 0.1) is 5.82 Å². The van der Waals surface area contributed by atoms with E-state index in [0.29, 0.717) is 40.5 Å². The maximum absolute atomic E-state index is 16.6. The molecule has 4 fully saturated rings. The van der Waals surface area contributed by atoms with E-state index < -0.39 is 5.82 Å². The zero-order valence-corrected chi connectivity index (χ0v) is 26.6. The lowest BCUT2D eigenvalue weighted by atomic mass is 9.95. The van der Waals surface area contributed by atoms with Gasteiger partial charge in [0.1, 0.15) is 23.6 Å². The minimum absolute atomic E-state index is 0.0499. The van der Waals surface area contributed by atoms with E-state index in [1.807, 2.05) is 50.2 Å². The Kier molecular flexibility index (Phi) is 9.19. The number of anilines is 1. The number of rotatable bonds is 5. The fourth-order valence-electron chi connectivity index (χ4n) is 7.64. The van der Waals surface area contributed by atoms with Crippen LogP contribution in [-0.4, -0.2) is 82.5 Å². The molecular formula is C34H42ClFN6O2. The molecule has 0 amide bonds. The first-order chi connectivity index (χ1) is 21.6. The third-order valence-corrected chi connectivity index (χ3v) is 9.86. The number of aromatic nitrogens is 3. The molecule has 0 radical (unpaired) electrons. The topological polar surface area (TPSA) is 86.6 Å². The molecular weight excluding hydrogens is 579 g/mol. The number of ether oxygens (including phenoxy) is 1. The number of benzene rings is 2. The maximum Gasteiger partial charge on any atom is 0.319 e. The Morgan fingerprint density at radius 2 is 1.70 bits per heavy atom. The summed E-state index contributed by atoms with van der Waals surface area (Å²) >= 11 is 6.60. The number of halogens is 2. The van der Waals surface area contributed by atoms with Crippen LogP contribution in [0.2, 0.25) is 5.02 Å². The first kappa shape index (κ1) is 30.9. The van der Waals surface area contributed by atoms with Gasteiger partial charge in [0, 0.05) is 54.5 Å².